The summed E-state index contributed by atoms with van der Waals surface area (Å²) < 4.78 is 10.4. The number of methoxy groups -OCH3 is 1. The second-order valence-electron chi connectivity index (χ2n) is 3.80. The zero-order valence-electron chi connectivity index (χ0n) is 9.86. The van der Waals surface area contributed by atoms with Gasteiger partial charge in [-0.05, 0) is 12.3 Å². The van der Waals surface area contributed by atoms with Gasteiger partial charge in [-0.25, -0.2) is 4.79 Å². The Labute approximate surface area is 104 Å². The molecule has 92 valence electrons. The minimum atomic E-state index is -0.347. The van der Waals surface area contributed by atoms with Gasteiger partial charge in [0, 0.05) is 18.0 Å². The van der Waals surface area contributed by atoms with Crippen molar-refractivity contribution in [3.63, 3.8) is 0 Å². The Morgan fingerprint density at radius 2 is 2.35 bits per heavy atom. The van der Waals surface area contributed by atoms with Gasteiger partial charge in [0.2, 0.25) is 0 Å². The molecule has 0 bridgehead atoms. The molecule has 17 heavy (non-hydrogen) atoms. The largest absolute Gasteiger partial charge is 0.492 e. The first-order valence-electron chi connectivity index (χ1n) is 5.36. The van der Waals surface area contributed by atoms with Gasteiger partial charge in [-0.2, -0.15) is 0 Å². The van der Waals surface area contributed by atoms with E-state index < -0.39 is 0 Å². The molecule has 1 atom stereocenters. The van der Waals surface area contributed by atoms with Crippen LogP contribution in [-0.2, 0) is 4.74 Å². The van der Waals surface area contributed by atoms with Gasteiger partial charge < -0.3 is 15.2 Å². The molecule has 1 aromatic rings. The van der Waals surface area contributed by atoms with E-state index in [1.165, 1.54) is 18.9 Å². The summed E-state index contributed by atoms with van der Waals surface area (Å²) in [7, 11) is 1.37. The van der Waals surface area contributed by atoms with Crippen LogP contribution in [0.3, 0.4) is 0 Å². The standard InChI is InChI=1S/C12H15NO3S/c1-15-12(14)8-4-3-7-9(13)5-6-16-10(7)11(8)17-2/h3-4,9H,5-6,13H2,1-2H3/t9-/m0/s1. The number of thioether (sulfide) groups is 1. The minimum Gasteiger partial charge on any atom is -0.492 e. The van der Waals surface area contributed by atoms with Gasteiger partial charge >= 0.3 is 5.97 Å². The lowest BCUT2D eigenvalue weighted by molar-refractivity contribution is 0.0595. The van der Waals surface area contributed by atoms with E-state index in [2.05, 4.69) is 0 Å². The highest BCUT2D eigenvalue weighted by Crippen LogP contribution is 2.40. The summed E-state index contributed by atoms with van der Waals surface area (Å²) >= 11 is 1.47. The van der Waals surface area contributed by atoms with E-state index in [0.29, 0.717) is 12.2 Å². The van der Waals surface area contributed by atoms with Crippen LogP contribution in [0.1, 0.15) is 28.4 Å². The van der Waals surface area contributed by atoms with Crippen LogP contribution in [0, 0.1) is 0 Å². The third-order valence-corrected chi connectivity index (χ3v) is 3.64. The van der Waals surface area contributed by atoms with Gasteiger partial charge in [0.15, 0.2) is 0 Å². The molecular formula is C12H15NO3S. The van der Waals surface area contributed by atoms with Crippen LogP contribution in [0.15, 0.2) is 17.0 Å². The molecule has 2 N–H and O–H groups in total. The second kappa shape index (κ2) is 4.98. The molecule has 4 nitrogen and oxygen atoms in total. The van der Waals surface area contributed by atoms with E-state index in [1.54, 1.807) is 6.07 Å². The van der Waals surface area contributed by atoms with Crippen LogP contribution < -0.4 is 10.5 Å². The predicted molar refractivity (Wildman–Crippen MR) is 66.6 cm³/mol. The van der Waals surface area contributed by atoms with E-state index in [1.807, 2.05) is 12.3 Å². The van der Waals surface area contributed by atoms with Crippen LogP contribution in [0.25, 0.3) is 0 Å². The molecule has 0 spiro atoms. The fourth-order valence-electron chi connectivity index (χ4n) is 1.94. The molecule has 1 heterocycles. The van der Waals surface area contributed by atoms with Crippen LogP contribution in [0.2, 0.25) is 0 Å². The zero-order chi connectivity index (χ0) is 12.4. The Bertz CT molecular complexity index is 448. The van der Waals surface area contributed by atoms with Crippen molar-refractivity contribution in [1.29, 1.82) is 0 Å². The molecular weight excluding hydrogens is 238 g/mol. The van der Waals surface area contributed by atoms with Gasteiger partial charge in [0.25, 0.3) is 0 Å². The van der Waals surface area contributed by atoms with Gasteiger partial charge in [0.05, 0.1) is 24.2 Å². The number of rotatable bonds is 2. The number of esters is 1. The summed E-state index contributed by atoms with van der Waals surface area (Å²) in [5, 5.41) is 0. The predicted octanol–water partition coefficient (Wildman–Crippen LogP) is 1.98. The Morgan fingerprint density at radius 3 is 3.00 bits per heavy atom. The summed E-state index contributed by atoms with van der Waals surface area (Å²) in [5.41, 5.74) is 7.52. The maximum Gasteiger partial charge on any atom is 0.339 e. The Morgan fingerprint density at radius 1 is 1.59 bits per heavy atom. The maximum absolute atomic E-state index is 11.6. The van der Waals surface area contributed by atoms with Gasteiger partial charge in [-0.3, -0.25) is 0 Å². The van der Waals surface area contributed by atoms with Crippen LogP contribution >= 0.6 is 11.8 Å². The number of carbonyl (C=O) groups excluding carboxylic acids is 1. The quantitative estimate of drug-likeness (QED) is 0.645. The Kier molecular flexibility index (Phi) is 3.59. The summed E-state index contributed by atoms with van der Waals surface area (Å²) in [6.45, 7) is 0.590. The maximum atomic E-state index is 11.6. The number of ether oxygens (including phenoxy) is 2. The number of hydrogen-bond acceptors (Lipinski definition) is 5. The molecule has 0 amide bonds. The van der Waals surface area contributed by atoms with Crippen LogP contribution in [-0.4, -0.2) is 25.9 Å². The fourth-order valence-corrected chi connectivity index (χ4v) is 2.67. The molecule has 1 aliphatic heterocycles. The summed E-state index contributed by atoms with van der Waals surface area (Å²) in [6, 6.07) is 3.59. The molecule has 0 radical (unpaired) electrons. The monoisotopic (exact) mass is 253 g/mol. The molecule has 1 aromatic carbocycles. The fraction of sp³-hybridized carbons (Fsp3) is 0.417. The van der Waals surface area contributed by atoms with E-state index in [-0.39, 0.29) is 12.0 Å². The van der Waals surface area contributed by atoms with Crippen molar-refractivity contribution in [3.05, 3.63) is 23.3 Å². The van der Waals surface area contributed by atoms with Crippen LogP contribution in [0.5, 0.6) is 5.75 Å². The third kappa shape index (κ3) is 2.12. The van der Waals surface area contributed by atoms with E-state index >= 15 is 0 Å². The van der Waals surface area contributed by atoms with Crippen molar-refractivity contribution >= 4 is 17.7 Å². The molecule has 0 fully saturated rings. The number of nitrogens with two attached hydrogens (primary N) is 1. The van der Waals surface area contributed by atoms with Crippen molar-refractivity contribution in [2.45, 2.75) is 17.4 Å². The lowest BCUT2D eigenvalue weighted by atomic mass is 9.99. The van der Waals surface area contributed by atoms with E-state index in [9.17, 15) is 4.79 Å². The first kappa shape index (κ1) is 12.3. The Hall–Kier alpha value is -1.20. The summed E-state index contributed by atoms with van der Waals surface area (Å²) in [4.78, 5) is 12.4. The molecule has 0 unspecified atom stereocenters. The smallest absolute Gasteiger partial charge is 0.339 e. The molecule has 1 aliphatic rings. The molecule has 0 saturated heterocycles. The zero-order valence-corrected chi connectivity index (χ0v) is 10.7. The number of benzene rings is 1. The molecule has 2 rings (SSSR count). The lowest BCUT2D eigenvalue weighted by Gasteiger charge is -2.25. The SMILES string of the molecule is COC(=O)c1ccc2c(c1SC)OCC[C@@H]2N. The molecule has 0 aliphatic carbocycles. The van der Waals surface area contributed by atoms with Crippen molar-refractivity contribution in [3.8, 4) is 5.75 Å². The number of hydrogen-bond donors (Lipinski definition) is 1. The van der Waals surface area contributed by atoms with Gasteiger partial charge in [-0.15, -0.1) is 11.8 Å². The van der Waals surface area contributed by atoms with E-state index in [4.69, 9.17) is 15.2 Å². The third-order valence-electron chi connectivity index (χ3n) is 2.83. The van der Waals surface area contributed by atoms with Crippen molar-refractivity contribution in [2.75, 3.05) is 20.0 Å². The molecule has 0 aromatic heterocycles. The summed E-state index contributed by atoms with van der Waals surface area (Å²) in [5.74, 6) is 0.388. The minimum absolute atomic E-state index is 0.0173. The molecule has 0 saturated carbocycles. The normalized spacial score (nSPS) is 18.2. The Balaban J connectivity index is 2.55. The van der Waals surface area contributed by atoms with Crippen LogP contribution in [0.4, 0.5) is 0 Å². The number of carbonyl (C=O) groups is 1. The highest BCUT2D eigenvalue weighted by molar-refractivity contribution is 7.98. The highest BCUT2D eigenvalue weighted by Gasteiger charge is 2.25. The summed E-state index contributed by atoms with van der Waals surface area (Å²) in [6.07, 6.45) is 2.71. The highest BCUT2D eigenvalue weighted by atomic mass is 32.2. The second-order valence-corrected chi connectivity index (χ2v) is 4.62. The van der Waals surface area contributed by atoms with Crippen molar-refractivity contribution < 1.29 is 14.3 Å². The lowest BCUT2D eigenvalue weighted by Crippen LogP contribution is -2.21. The molecule has 5 heteroatoms. The van der Waals surface area contributed by atoms with E-state index in [0.717, 1.165) is 22.6 Å². The van der Waals surface area contributed by atoms with Gasteiger partial charge in [-0.1, -0.05) is 6.07 Å². The average molecular weight is 253 g/mol. The first-order chi connectivity index (χ1) is 8.19. The topological polar surface area (TPSA) is 61.5 Å². The first-order valence-corrected chi connectivity index (χ1v) is 6.59. The van der Waals surface area contributed by atoms with Gasteiger partial charge in [0.1, 0.15) is 5.75 Å². The van der Waals surface area contributed by atoms with Crippen molar-refractivity contribution in [2.24, 2.45) is 5.73 Å². The van der Waals surface area contributed by atoms with Crippen molar-refractivity contribution in [1.82, 2.24) is 0 Å². The average Bonchev–Trinajstić information content (AvgIpc) is 2.37. The number of fused-ring (bicyclic) bond motifs is 1.